The number of carbonyl (C=O) groups excluding carboxylic acids is 1. The Morgan fingerprint density at radius 1 is 1.29 bits per heavy atom. The number of rotatable bonds is 3. The van der Waals surface area contributed by atoms with Crippen LogP contribution in [0.2, 0.25) is 5.02 Å². The summed E-state index contributed by atoms with van der Waals surface area (Å²) in [4.78, 5) is 13.9. The lowest BCUT2D eigenvalue weighted by molar-refractivity contribution is 0.0601. The van der Waals surface area contributed by atoms with Gasteiger partial charge in [-0.15, -0.1) is 0 Å². The molecule has 0 amide bonds. The number of hydrogen-bond acceptors (Lipinski definition) is 4. The summed E-state index contributed by atoms with van der Waals surface area (Å²) < 4.78 is 4.82. The number of para-hydroxylation sites is 1. The molecule has 5 heteroatoms. The predicted molar refractivity (Wildman–Crippen MR) is 86.4 cm³/mol. The van der Waals surface area contributed by atoms with Gasteiger partial charge in [-0.05, 0) is 30.7 Å². The van der Waals surface area contributed by atoms with Crippen LogP contribution in [0.4, 0.5) is 17.1 Å². The van der Waals surface area contributed by atoms with E-state index in [9.17, 15) is 4.79 Å². The van der Waals surface area contributed by atoms with E-state index in [2.05, 4.69) is 0 Å². The molecule has 2 rings (SSSR count). The fourth-order valence-electron chi connectivity index (χ4n) is 2.29. The van der Waals surface area contributed by atoms with Gasteiger partial charge in [0.25, 0.3) is 0 Å². The molecule has 0 aliphatic heterocycles. The molecule has 0 bridgehead atoms. The Hall–Kier alpha value is -2.20. The molecule has 0 aliphatic rings. The number of methoxy groups -OCH3 is 1. The Morgan fingerprint density at radius 3 is 2.57 bits per heavy atom. The molecule has 0 heterocycles. The molecular formula is C16H17ClN2O2. The largest absolute Gasteiger partial charge is 0.465 e. The van der Waals surface area contributed by atoms with Crippen molar-refractivity contribution in [2.75, 3.05) is 24.8 Å². The lowest BCUT2D eigenvalue weighted by Crippen LogP contribution is -2.17. The highest BCUT2D eigenvalue weighted by atomic mass is 35.5. The number of benzene rings is 2. The van der Waals surface area contributed by atoms with Crippen molar-refractivity contribution >= 4 is 34.6 Å². The van der Waals surface area contributed by atoms with E-state index >= 15 is 0 Å². The summed E-state index contributed by atoms with van der Waals surface area (Å²) in [5, 5.41) is 0.404. The van der Waals surface area contributed by atoms with Gasteiger partial charge in [0.2, 0.25) is 0 Å². The molecule has 2 aromatic rings. The topological polar surface area (TPSA) is 55.6 Å². The molecule has 0 aromatic heterocycles. The molecule has 0 radical (unpaired) electrons. The van der Waals surface area contributed by atoms with Crippen LogP contribution in [0.3, 0.4) is 0 Å². The van der Waals surface area contributed by atoms with Crippen LogP contribution in [0, 0.1) is 6.92 Å². The van der Waals surface area contributed by atoms with Gasteiger partial charge >= 0.3 is 5.97 Å². The fourth-order valence-corrected chi connectivity index (χ4v) is 2.64. The molecule has 0 unspecified atom stereocenters. The average Bonchev–Trinajstić information content (AvgIpc) is 2.45. The van der Waals surface area contributed by atoms with Gasteiger partial charge in [-0.3, -0.25) is 0 Å². The van der Waals surface area contributed by atoms with Crippen LogP contribution in [0.25, 0.3) is 0 Å². The van der Waals surface area contributed by atoms with E-state index in [-0.39, 0.29) is 0 Å². The summed E-state index contributed by atoms with van der Waals surface area (Å²) in [5.74, 6) is -0.473. The Bertz CT molecular complexity index is 686. The number of halogens is 1. The van der Waals surface area contributed by atoms with Gasteiger partial charge in [0.1, 0.15) is 0 Å². The number of aryl methyl sites for hydroxylation is 1. The van der Waals surface area contributed by atoms with E-state index in [0.29, 0.717) is 22.0 Å². The van der Waals surface area contributed by atoms with Crippen molar-refractivity contribution in [3.63, 3.8) is 0 Å². The molecule has 4 nitrogen and oxygen atoms in total. The molecule has 0 aliphatic carbocycles. The first-order chi connectivity index (χ1) is 9.95. The Balaban J connectivity index is 2.63. The SMILES string of the molecule is COC(=O)c1cc(N)cc(Cl)c1N(C)c1ccccc1C. The number of nitrogen functional groups attached to an aromatic ring is 1. The van der Waals surface area contributed by atoms with E-state index in [4.69, 9.17) is 22.1 Å². The molecule has 2 aromatic carbocycles. The number of esters is 1. The van der Waals surface area contributed by atoms with Crippen molar-refractivity contribution in [1.82, 2.24) is 0 Å². The number of nitrogens with two attached hydrogens (primary N) is 1. The molecule has 0 spiro atoms. The second-order valence-corrected chi connectivity index (χ2v) is 5.14. The van der Waals surface area contributed by atoms with Crippen molar-refractivity contribution in [2.24, 2.45) is 0 Å². The molecule has 21 heavy (non-hydrogen) atoms. The quantitative estimate of drug-likeness (QED) is 0.692. The maximum atomic E-state index is 12.0. The van der Waals surface area contributed by atoms with Crippen molar-refractivity contribution in [2.45, 2.75) is 6.92 Å². The zero-order valence-corrected chi connectivity index (χ0v) is 12.9. The first-order valence-electron chi connectivity index (χ1n) is 6.42. The highest BCUT2D eigenvalue weighted by Crippen LogP contribution is 2.37. The first-order valence-corrected chi connectivity index (χ1v) is 6.80. The highest BCUT2D eigenvalue weighted by Gasteiger charge is 2.21. The van der Waals surface area contributed by atoms with E-state index in [0.717, 1.165) is 11.3 Å². The summed E-state index contributed by atoms with van der Waals surface area (Å²) in [7, 11) is 3.18. The number of carbonyl (C=O) groups is 1. The highest BCUT2D eigenvalue weighted by molar-refractivity contribution is 6.34. The summed E-state index contributed by atoms with van der Waals surface area (Å²) in [5.41, 5.74) is 9.14. The van der Waals surface area contributed by atoms with Gasteiger partial charge in [-0.2, -0.15) is 0 Å². The molecular weight excluding hydrogens is 288 g/mol. The molecule has 2 N–H and O–H groups in total. The van der Waals surface area contributed by atoms with Crippen LogP contribution in [0.5, 0.6) is 0 Å². The van der Waals surface area contributed by atoms with Crippen molar-refractivity contribution in [3.05, 3.63) is 52.5 Å². The monoisotopic (exact) mass is 304 g/mol. The van der Waals surface area contributed by atoms with Gasteiger partial charge < -0.3 is 15.4 Å². The molecule has 0 saturated heterocycles. The third-order valence-corrected chi connectivity index (χ3v) is 3.59. The lowest BCUT2D eigenvalue weighted by Gasteiger charge is -2.25. The standard InChI is InChI=1S/C16H17ClN2O2/c1-10-6-4-5-7-14(10)19(2)15-12(16(20)21-3)8-11(18)9-13(15)17/h4-9H,18H2,1-3H3. The van der Waals surface area contributed by atoms with Crippen molar-refractivity contribution in [1.29, 1.82) is 0 Å². The van der Waals surface area contributed by atoms with E-state index in [1.165, 1.54) is 7.11 Å². The summed E-state index contributed by atoms with van der Waals surface area (Å²) in [6, 6.07) is 11.0. The predicted octanol–water partition coefficient (Wildman–Crippen LogP) is 3.79. The summed E-state index contributed by atoms with van der Waals surface area (Å²) in [6.07, 6.45) is 0. The Labute approximate surface area is 129 Å². The van der Waals surface area contributed by atoms with Gasteiger partial charge in [0.15, 0.2) is 0 Å². The Morgan fingerprint density at radius 2 is 1.95 bits per heavy atom. The Kier molecular flexibility index (Phi) is 4.38. The van der Waals surface area contributed by atoms with Crippen LogP contribution in [-0.4, -0.2) is 20.1 Å². The van der Waals surface area contributed by atoms with Gasteiger partial charge in [-0.25, -0.2) is 4.79 Å². The van der Waals surface area contributed by atoms with Crippen LogP contribution in [0.15, 0.2) is 36.4 Å². The van der Waals surface area contributed by atoms with Crippen molar-refractivity contribution in [3.8, 4) is 0 Å². The third-order valence-electron chi connectivity index (χ3n) is 3.30. The number of ether oxygens (including phenoxy) is 1. The van der Waals surface area contributed by atoms with Gasteiger partial charge in [-0.1, -0.05) is 29.8 Å². The van der Waals surface area contributed by atoms with Crippen LogP contribution in [0.1, 0.15) is 15.9 Å². The second-order valence-electron chi connectivity index (χ2n) is 4.74. The first kappa shape index (κ1) is 15.2. The fraction of sp³-hybridized carbons (Fsp3) is 0.188. The zero-order valence-electron chi connectivity index (χ0n) is 12.2. The summed E-state index contributed by atoms with van der Waals surface area (Å²) in [6.45, 7) is 1.99. The molecule has 0 saturated carbocycles. The van der Waals surface area contributed by atoms with E-state index in [1.54, 1.807) is 12.1 Å². The maximum absolute atomic E-state index is 12.0. The molecule has 110 valence electrons. The molecule has 0 fully saturated rings. The molecule has 0 atom stereocenters. The van der Waals surface area contributed by atoms with E-state index < -0.39 is 5.97 Å². The lowest BCUT2D eigenvalue weighted by atomic mass is 10.1. The number of hydrogen-bond donors (Lipinski definition) is 1. The number of anilines is 3. The van der Waals surface area contributed by atoms with Gasteiger partial charge in [0, 0.05) is 18.4 Å². The van der Waals surface area contributed by atoms with Crippen LogP contribution < -0.4 is 10.6 Å². The number of nitrogens with zero attached hydrogens (tertiary/aromatic N) is 1. The second kappa shape index (κ2) is 6.06. The average molecular weight is 305 g/mol. The minimum absolute atomic E-state index is 0.341. The van der Waals surface area contributed by atoms with Crippen LogP contribution in [-0.2, 0) is 4.74 Å². The van der Waals surface area contributed by atoms with Crippen molar-refractivity contribution < 1.29 is 9.53 Å². The third kappa shape index (κ3) is 2.95. The minimum atomic E-state index is -0.473. The minimum Gasteiger partial charge on any atom is -0.465 e. The van der Waals surface area contributed by atoms with E-state index in [1.807, 2.05) is 43.1 Å². The van der Waals surface area contributed by atoms with Crippen LogP contribution >= 0.6 is 11.6 Å². The normalized spacial score (nSPS) is 10.3. The maximum Gasteiger partial charge on any atom is 0.340 e. The summed E-state index contributed by atoms with van der Waals surface area (Å²) >= 11 is 6.30. The zero-order chi connectivity index (χ0) is 15.6. The van der Waals surface area contributed by atoms with Gasteiger partial charge in [0.05, 0.1) is 23.4 Å². The smallest absolute Gasteiger partial charge is 0.340 e.